The Morgan fingerprint density at radius 3 is 2.71 bits per heavy atom. The molecule has 3 aromatic heterocycles. The Balaban J connectivity index is 1.40. The molecule has 1 aliphatic carbocycles. The third-order valence-corrected chi connectivity index (χ3v) is 7.68. The molecule has 4 heterocycles. The number of nitrogens with one attached hydrogen (secondary N) is 2. The van der Waals surface area contributed by atoms with E-state index in [9.17, 15) is 31.5 Å². The molecule has 1 aliphatic heterocycles. The van der Waals surface area contributed by atoms with Crippen molar-refractivity contribution in [3.63, 3.8) is 0 Å². The van der Waals surface area contributed by atoms with Crippen LogP contribution in [-0.2, 0) is 11.2 Å². The summed E-state index contributed by atoms with van der Waals surface area (Å²) in [7, 11) is 0. The first-order valence-corrected chi connectivity index (χ1v) is 13.3. The van der Waals surface area contributed by atoms with E-state index in [1.54, 1.807) is 0 Å². The fraction of sp³-hybridized carbons (Fsp3) is 0.640. The molecule has 2 N–H and O–H groups in total. The van der Waals surface area contributed by atoms with E-state index in [-0.39, 0.29) is 67.5 Å². The first kappa shape index (κ1) is 28.6. The maximum Gasteiger partial charge on any atom is 0.520 e. The van der Waals surface area contributed by atoms with Crippen molar-refractivity contribution in [1.82, 2.24) is 35.5 Å². The van der Waals surface area contributed by atoms with E-state index in [0.29, 0.717) is 11.4 Å². The first-order chi connectivity index (χ1) is 19.3. The van der Waals surface area contributed by atoms with E-state index in [0.717, 1.165) is 0 Å². The third kappa shape index (κ3) is 6.23. The molecule has 220 valence electrons. The zero-order chi connectivity index (χ0) is 29.5. The lowest BCUT2D eigenvalue weighted by atomic mass is 9.81. The van der Waals surface area contributed by atoms with Gasteiger partial charge in [-0.3, -0.25) is 9.59 Å². The maximum atomic E-state index is 13.9. The molecule has 1 unspecified atom stereocenters. The lowest BCUT2D eigenvalue weighted by molar-refractivity contribution is -0.270. The molecule has 0 radical (unpaired) electrons. The van der Waals surface area contributed by atoms with E-state index < -0.39 is 48.3 Å². The summed E-state index contributed by atoms with van der Waals surface area (Å²) in [6.45, 7) is 3.15. The van der Waals surface area contributed by atoms with Gasteiger partial charge in [-0.05, 0) is 30.3 Å². The van der Waals surface area contributed by atoms with Gasteiger partial charge in [-0.2, -0.15) is 18.2 Å². The summed E-state index contributed by atoms with van der Waals surface area (Å²) in [5.41, 5.74) is 0.769. The quantitative estimate of drug-likeness (QED) is 0.405. The summed E-state index contributed by atoms with van der Waals surface area (Å²) in [5, 5.41) is 17.0. The van der Waals surface area contributed by atoms with Crippen LogP contribution in [0.1, 0.15) is 85.5 Å². The number of amides is 2. The van der Waals surface area contributed by atoms with Crippen LogP contribution in [0, 0.1) is 24.0 Å². The fourth-order valence-corrected chi connectivity index (χ4v) is 5.36. The number of hydrogen-bond donors (Lipinski definition) is 2. The van der Waals surface area contributed by atoms with Gasteiger partial charge in [0.05, 0.1) is 12.0 Å². The van der Waals surface area contributed by atoms with E-state index in [1.165, 1.54) is 10.7 Å². The molecule has 1 saturated carbocycles. The molecule has 2 amide bonds. The Kier molecular flexibility index (Phi) is 7.56. The van der Waals surface area contributed by atoms with E-state index in [1.807, 2.05) is 13.8 Å². The van der Waals surface area contributed by atoms with E-state index in [2.05, 4.69) is 42.2 Å². The van der Waals surface area contributed by atoms with Gasteiger partial charge in [0.1, 0.15) is 11.9 Å². The SMILES string of the molecule is CC(C)c1nonc1C(=O)N[C@H](c1cn2nc(CC3C[C@@H](C(F)(F)F)CNC3=O)c#[n+]c2n1)C1CCC(F)(F)CC1. The number of fused-ring (bicyclic) bond motifs is 1. The van der Waals surface area contributed by atoms with Crippen LogP contribution in [0.4, 0.5) is 22.0 Å². The summed E-state index contributed by atoms with van der Waals surface area (Å²) in [5.74, 6) is -7.01. The van der Waals surface area contributed by atoms with Gasteiger partial charge in [-0.15, -0.1) is 0 Å². The van der Waals surface area contributed by atoms with Gasteiger partial charge >= 0.3 is 12.0 Å². The van der Waals surface area contributed by atoms with Crippen molar-refractivity contribution in [2.45, 2.75) is 76.4 Å². The van der Waals surface area contributed by atoms with Crippen molar-refractivity contribution in [2.75, 3.05) is 6.54 Å². The molecule has 2 aliphatic rings. The second-order valence-corrected chi connectivity index (χ2v) is 11.0. The van der Waals surface area contributed by atoms with Crippen molar-refractivity contribution >= 4 is 17.6 Å². The number of carbonyl (C=O) groups excluding carboxylic acids is 2. The van der Waals surface area contributed by atoms with E-state index >= 15 is 0 Å². The predicted molar refractivity (Wildman–Crippen MR) is 127 cm³/mol. The molecule has 0 bridgehead atoms. The van der Waals surface area contributed by atoms with Crippen LogP contribution >= 0.6 is 0 Å². The van der Waals surface area contributed by atoms with Crippen LogP contribution < -0.4 is 15.6 Å². The molecule has 11 nitrogen and oxygen atoms in total. The molecule has 5 rings (SSSR count). The Hall–Kier alpha value is -3.90. The Morgan fingerprint density at radius 1 is 1.29 bits per heavy atom. The molecule has 0 aromatic carbocycles. The lowest BCUT2D eigenvalue weighted by Crippen LogP contribution is -2.47. The number of aromatic nitrogens is 6. The molecule has 16 heteroatoms. The van der Waals surface area contributed by atoms with Crippen molar-refractivity contribution < 1.29 is 41.2 Å². The van der Waals surface area contributed by atoms with Crippen LogP contribution in [0.3, 0.4) is 0 Å². The predicted octanol–water partition coefficient (Wildman–Crippen LogP) is 2.79. The highest BCUT2D eigenvalue weighted by Gasteiger charge is 2.45. The highest BCUT2D eigenvalue weighted by atomic mass is 19.4. The molecular weight excluding hydrogens is 555 g/mol. The number of piperidine rings is 1. The summed E-state index contributed by atoms with van der Waals surface area (Å²) in [4.78, 5) is 34.0. The average molecular weight is 584 g/mol. The minimum Gasteiger partial charge on any atom is -0.355 e. The molecule has 2 fully saturated rings. The standard InChI is InChI=1S/C25H27F5N8O3/c1-12(2)18-20(37-41-36-18)22(40)34-19(13-3-5-24(26,27)6-4-13)17-11-38-23(33-17)32-10-16(35-38)8-14-7-15(25(28,29)30)9-31-21(14)39/h11-15,19H,3-9H2,1-2H3,(H-,31,34,39,40)/p+1/t14?,15-,19+/m1/s1. The normalized spacial score (nSPS) is 22.4. The van der Waals surface area contributed by atoms with Gasteiger partial charge < -0.3 is 10.6 Å². The highest BCUT2D eigenvalue weighted by Crippen LogP contribution is 2.41. The molecule has 0 spiro atoms. The van der Waals surface area contributed by atoms with Crippen LogP contribution in [0.2, 0.25) is 0 Å². The topological polar surface area (TPSA) is 141 Å². The zero-order valence-corrected chi connectivity index (χ0v) is 22.2. The Bertz CT molecular complexity index is 1410. The fourth-order valence-electron chi connectivity index (χ4n) is 5.36. The number of rotatable bonds is 7. The number of imidazole rings is 1. The van der Waals surface area contributed by atoms with Gasteiger partial charge in [0.2, 0.25) is 11.8 Å². The summed E-state index contributed by atoms with van der Waals surface area (Å²) >= 11 is 0. The Labute approximate surface area is 230 Å². The van der Waals surface area contributed by atoms with Crippen LogP contribution in [0.25, 0.3) is 5.78 Å². The number of alkyl halides is 5. The largest absolute Gasteiger partial charge is 0.520 e. The number of carbonyl (C=O) groups is 2. The zero-order valence-electron chi connectivity index (χ0n) is 22.2. The number of halogens is 5. The summed E-state index contributed by atoms with van der Waals surface area (Å²) in [6.07, 6.45) is -1.29. The summed E-state index contributed by atoms with van der Waals surface area (Å²) in [6, 6.07) is -0.807. The maximum absolute atomic E-state index is 13.9. The minimum absolute atomic E-state index is 0.0234. The molecular formula is C25H28F5N8O3+. The number of nitrogens with zero attached hydrogens (tertiary/aromatic N) is 6. The first-order valence-electron chi connectivity index (χ1n) is 13.3. The van der Waals surface area contributed by atoms with Gasteiger partial charge in [-0.25, -0.2) is 13.4 Å². The molecule has 3 atom stereocenters. The van der Waals surface area contributed by atoms with Crippen LogP contribution in [0.5, 0.6) is 0 Å². The molecule has 41 heavy (non-hydrogen) atoms. The second kappa shape index (κ2) is 10.8. The highest BCUT2D eigenvalue weighted by molar-refractivity contribution is 5.93. The monoisotopic (exact) mass is 583 g/mol. The van der Waals surface area contributed by atoms with Crippen LogP contribution in [0.15, 0.2) is 10.8 Å². The van der Waals surface area contributed by atoms with E-state index in [4.69, 9.17) is 4.63 Å². The van der Waals surface area contributed by atoms with Crippen LogP contribution in [-0.4, -0.2) is 55.4 Å². The van der Waals surface area contributed by atoms with Crippen molar-refractivity contribution in [3.8, 4) is 0 Å². The van der Waals surface area contributed by atoms with Crippen molar-refractivity contribution in [2.24, 2.45) is 17.8 Å². The smallest absolute Gasteiger partial charge is 0.355 e. The number of hydrogen-bond acceptors (Lipinski definition) is 7. The minimum atomic E-state index is -4.44. The molecule has 1 saturated heterocycles. The van der Waals surface area contributed by atoms with Gasteiger partial charge in [0.15, 0.2) is 23.3 Å². The summed E-state index contributed by atoms with van der Waals surface area (Å²) < 4.78 is 73.6. The Morgan fingerprint density at radius 2 is 2.02 bits per heavy atom. The van der Waals surface area contributed by atoms with Crippen molar-refractivity contribution in [3.05, 3.63) is 35.2 Å². The average Bonchev–Trinajstić information content (AvgIpc) is 3.55. The second-order valence-electron chi connectivity index (χ2n) is 11.0. The van der Waals surface area contributed by atoms with Gasteiger partial charge in [0.25, 0.3) is 5.91 Å². The molecule has 3 aromatic rings. The van der Waals surface area contributed by atoms with Gasteiger partial charge in [-0.1, -0.05) is 33.6 Å². The van der Waals surface area contributed by atoms with Crippen molar-refractivity contribution in [1.29, 1.82) is 0 Å². The third-order valence-electron chi connectivity index (χ3n) is 7.68. The lowest BCUT2D eigenvalue weighted by Gasteiger charge is -2.32. The van der Waals surface area contributed by atoms with Gasteiger partial charge in [0, 0.05) is 37.6 Å².